The van der Waals surface area contributed by atoms with Crippen molar-refractivity contribution in [1.82, 2.24) is 0 Å². The zero-order valence-corrected chi connectivity index (χ0v) is 10.8. The molecule has 5 heteroatoms. The zero-order valence-electron chi connectivity index (χ0n) is 9.26. The van der Waals surface area contributed by atoms with Gasteiger partial charge < -0.3 is 15.6 Å². The van der Waals surface area contributed by atoms with Crippen molar-refractivity contribution in [1.29, 1.82) is 0 Å². The smallest absolute Gasteiger partial charge is 0.194 e. The Morgan fingerprint density at radius 2 is 2.25 bits per heavy atom. The highest BCUT2D eigenvalue weighted by Gasteiger charge is 2.21. The summed E-state index contributed by atoms with van der Waals surface area (Å²) in [5.74, 6) is -1.04. The molecule has 0 saturated carbocycles. The average molecular weight is 292 g/mol. The van der Waals surface area contributed by atoms with Gasteiger partial charge in [-0.25, -0.2) is 4.39 Å². The second-order valence-corrected chi connectivity index (χ2v) is 4.47. The van der Waals surface area contributed by atoms with Gasteiger partial charge in [0, 0.05) is 10.0 Å². The quantitative estimate of drug-likeness (QED) is 0.897. The van der Waals surface area contributed by atoms with Crippen LogP contribution >= 0.6 is 15.9 Å². The van der Waals surface area contributed by atoms with Gasteiger partial charge in [0.15, 0.2) is 17.3 Å². The van der Waals surface area contributed by atoms with E-state index >= 15 is 0 Å². The molecule has 0 aliphatic carbocycles. The van der Waals surface area contributed by atoms with Crippen LogP contribution in [0.15, 0.2) is 10.5 Å². The van der Waals surface area contributed by atoms with Gasteiger partial charge in [-0.15, -0.1) is 0 Å². The molecular formula is C11H15BrFNO2. The van der Waals surface area contributed by atoms with Crippen LogP contribution in [0.3, 0.4) is 0 Å². The van der Waals surface area contributed by atoms with E-state index in [1.807, 2.05) is 6.92 Å². The van der Waals surface area contributed by atoms with E-state index in [-0.39, 0.29) is 11.7 Å². The summed E-state index contributed by atoms with van der Waals surface area (Å²) in [6.07, 6.45) is 0.654. The first-order valence-electron chi connectivity index (χ1n) is 4.97. The fraction of sp³-hybridized carbons (Fsp3) is 0.455. The molecule has 0 aliphatic heterocycles. The van der Waals surface area contributed by atoms with Crippen molar-refractivity contribution in [2.45, 2.75) is 19.3 Å². The maximum Gasteiger partial charge on any atom is 0.194 e. The molecule has 0 radical (unpaired) electrons. The lowest BCUT2D eigenvalue weighted by molar-refractivity contribution is 0.353. The molecule has 0 heterocycles. The first-order valence-corrected chi connectivity index (χ1v) is 5.77. The van der Waals surface area contributed by atoms with Crippen molar-refractivity contribution < 1.29 is 14.2 Å². The molecule has 90 valence electrons. The van der Waals surface area contributed by atoms with Crippen LogP contribution in [-0.4, -0.2) is 18.8 Å². The Hall–Kier alpha value is -0.810. The summed E-state index contributed by atoms with van der Waals surface area (Å²) in [6.45, 7) is 2.34. The highest BCUT2D eigenvalue weighted by Crippen LogP contribution is 2.40. The molecule has 3 N–H and O–H groups in total. The summed E-state index contributed by atoms with van der Waals surface area (Å²) in [7, 11) is 1.38. The minimum Gasteiger partial charge on any atom is -0.502 e. The van der Waals surface area contributed by atoms with Crippen molar-refractivity contribution in [2.24, 2.45) is 5.73 Å². The molecule has 0 bridgehead atoms. The molecular weight excluding hydrogens is 277 g/mol. The minimum absolute atomic E-state index is 0.0591. The molecule has 0 aliphatic rings. The molecule has 0 fully saturated rings. The van der Waals surface area contributed by atoms with Crippen LogP contribution in [0, 0.1) is 5.82 Å². The predicted octanol–water partition coefficient (Wildman–Crippen LogP) is 2.75. The number of ether oxygens (including phenoxy) is 1. The zero-order chi connectivity index (χ0) is 12.3. The Labute approximate surface area is 103 Å². The Morgan fingerprint density at radius 1 is 1.62 bits per heavy atom. The summed E-state index contributed by atoms with van der Waals surface area (Å²) in [5, 5.41) is 9.57. The Balaban J connectivity index is 3.24. The predicted molar refractivity (Wildman–Crippen MR) is 64.4 cm³/mol. The molecule has 16 heavy (non-hydrogen) atoms. The molecule has 3 nitrogen and oxygen atoms in total. The molecule has 0 spiro atoms. The lowest BCUT2D eigenvalue weighted by atomic mass is 9.97. The normalized spacial score (nSPS) is 12.6. The first-order chi connectivity index (χ1) is 7.52. The summed E-state index contributed by atoms with van der Waals surface area (Å²) in [4.78, 5) is 0. The second kappa shape index (κ2) is 5.50. The van der Waals surface area contributed by atoms with Gasteiger partial charge in [-0.2, -0.15) is 0 Å². The van der Waals surface area contributed by atoms with Crippen molar-refractivity contribution >= 4 is 15.9 Å². The number of aromatic hydroxyl groups is 1. The van der Waals surface area contributed by atoms with E-state index in [2.05, 4.69) is 15.9 Å². The largest absolute Gasteiger partial charge is 0.502 e. The lowest BCUT2D eigenvalue weighted by Gasteiger charge is -2.16. The molecule has 1 unspecified atom stereocenters. The Bertz CT molecular complexity index is 385. The third-order valence-corrected chi connectivity index (χ3v) is 3.16. The monoisotopic (exact) mass is 291 g/mol. The number of methoxy groups -OCH3 is 1. The third kappa shape index (κ3) is 2.47. The van der Waals surface area contributed by atoms with Crippen molar-refractivity contribution in [3.8, 4) is 11.5 Å². The Morgan fingerprint density at radius 3 is 2.75 bits per heavy atom. The van der Waals surface area contributed by atoms with Gasteiger partial charge in [0.25, 0.3) is 0 Å². The highest BCUT2D eigenvalue weighted by molar-refractivity contribution is 9.10. The topological polar surface area (TPSA) is 55.5 Å². The first kappa shape index (κ1) is 13.3. The standard InChI is InChI=1S/C11H15BrFNO2/c1-6(3-4-14)9-7(12)5-8(16-2)11(15)10(9)13/h5-6,15H,3-4,14H2,1-2H3. The van der Waals surface area contributed by atoms with Crippen molar-refractivity contribution in [2.75, 3.05) is 13.7 Å². The van der Waals surface area contributed by atoms with E-state index in [0.29, 0.717) is 23.0 Å². The second-order valence-electron chi connectivity index (χ2n) is 3.62. The van der Waals surface area contributed by atoms with Crippen LogP contribution in [0.4, 0.5) is 4.39 Å². The fourth-order valence-corrected chi connectivity index (χ4v) is 2.38. The van der Waals surface area contributed by atoms with Crippen LogP contribution in [0.2, 0.25) is 0 Å². The molecule has 1 aromatic carbocycles. The van der Waals surface area contributed by atoms with Gasteiger partial charge >= 0.3 is 0 Å². The number of hydrogen-bond donors (Lipinski definition) is 2. The van der Waals surface area contributed by atoms with E-state index in [1.54, 1.807) is 6.07 Å². The average Bonchev–Trinajstić information content (AvgIpc) is 2.24. The van der Waals surface area contributed by atoms with E-state index in [9.17, 15) is 9.50 Å². The lowest BCUT2D eigenvalue weighted by Crippen LogP contribution is -2.07. The molecule has 1 aromatic rings. The van der Waals surface area contributed by atoms with E-state index < -0.39 is 11.6 Å². The van der Waals surface area contributed by atoms with E-state index in [1.165, 1.54) is 7.11 Å². The van der Waals surface area contributed by atoms with Crippen molar-refractivity contribution in [3.05, 3.63) is 21.9 Å². The van der Waals surface area contributed by atoms with Crippen LogP contribution in [-0.2, 0) is 0 Å². The number of nitrogens with two attached hydrogens (primary N) is 1. The minimum atomic E-state index is -0.646. The molecule has 0 aromatic heterocycles. The van der Waals surface area contributed by atoms with Crippen LogP contribution in [0.5, 0.6) is 11.5 Å². The van der Waals surface area contributed by atoms with Crippen LogP contribution in [0.1, 0.15) is 24.8 Å². The summed E-state index contributed by atoms with van der Waals surface area (Å²) in [5.41, 5.74) is 5.87. The van der Waals surface area contributed by atoms with E-state index in [4.69, 9.17) is 10.5 Å². The van der Waals surface area contributed by atoms with Gasteiger partial charge in [-0.3, -0.25) is 0 Å². The summed E-state index contributed by atoms with van der Waals surface area (Å²) < 4.78 is 19.3. The number of halogens is 2. The number of phenols is 1. The number of phenolic OH excluding ortho intramolecular Hbond substituents is 1. The fourth-order valence-electron chi connectivity index (χ4n) is 1.60. The SMILES string of the molecule is COc1cc(Br)c(C(C)CCN)c(F)c1O. The van der Waals surface area contributed by atoms with Gasteiger partial charge in [0.2, 0.25) is 0 Å². The maximum absolute atomic E-state index is 13.9. The van der Waals surface area contributed by atoms with Crippen molar-refractivity contribution in [3.63, 3.8) is 0 Å². The number of benzene rings is 1. The number of rotatable bonds is 4. The van der Waals surface area contributed by atoms with Crippen LogP contribution < -0.4 is 10.5 Å². The summed E-state index contributed by atoms with van der Waals surface area (Å²) >= 11 is 3.27. The highest BCUT2D eigenvalue weighted by atomic mass is 79.9. The molecule has 0 amide bonds. The van der Waals surface area contributed by atoms with Crippen LogP contribution in [0.25, 0.3) is 0 Å². The van der Waals surface area contributed by atoms with Gasteiger partial charge in [0.1, 0.15) is 0 Å². The van der Waals surface area contributed by atoms with Gasteiger partial charge in [-0.1, -0.05) is 22.9 Å². The Kier molecular flexibility index (Phi) is 4.56. The molecule has 0 saturated heterocycles. The van der Waals surface area contributed by atoms with E-state index in [0.717, 1.165) is 0 Å². The maximum atomic E-state index is 13.9. The van der Waals surface area contributed by atoms with Gasteiger partial charge in [0.05, 0.1) is 7.11 Å². The number of hydrogen-bond acceptors (Lipinski definition) is 3. The third-order valence-electron chi connectivity index (χ3n) is 2.51. The molecule has 1 atom stereocenters. The summed E-state index contributed by atoms with van der Waals surface area (Å²) in [6, 6.07) is 1.56. The van der Waals surface area contributed by atoms with Gasteiger partial charge in [-0.05, 0) is 24.9 Å². The molecule has 1 rings (SSSR count).